The van der Waals surface area contributed by atoms with E-state index in [1.54, 1.807) is 12.1 Å². The molecule has 118 valence electrons. The van der Waals surface area contributed by atoms with E-state index in [2.05, 4.69) is 0 Å². The summed E-state index contributed by atoms with van der Waals surface area (Å²) in [5.74, 6) is 0.933. The maximum atomic E-state index is 12.7. The second-order valence-electron chi connectivity index (χ2n) is 4.77. The fourth-order valence-electron chi connectivity index (χ4n) is 2.00. The van der Waals surface area contributed by atoms with Crippen LogP contribution in [-0.2, 0) is 6.61 Å². The van der Waals surface area contributed by atoms with E-state index >= 15 is 0 Å². The third kappa shape index (κ3) is 4.18. The molecule has 0 aliphatic carbocycles. The third-order valence-electron chi connectivity index (χ3n) is 3.16. The maximum Gasteiger partial charge on any atom is 0.257 e. The van der Waals surface area contributed by atoms with Crippen LogP contribution in [0, 0.1) is 0 Å². The van der Waals surface area contributed by atoms with Crippen molar-refractivity contribution in [2.75, 3.05) is 6.61 Å². The number of ether oxygens (including phenoxy) is 2. The van der Waals surface area contributed by atoms with Gasteiger partial charge in [-0.05, 0) is 30.2 Å². The monoisotopic (exact) mass is 307 g/mol. The first kappa shape index (κ1) is 16.2. The summed E-state index contributed by atoms with van der Waals surface area (Å²) < 4.78 is 36.6. The zero-order chi connectivity index (χ0) is 15.9. The van der Waals surface area contributed by atoms with Gasteiger partial charge in [-0.1, -0.05) is 36.4 Å². The lowest BCUT2D eigenvalue weighted by atomic mass is 10.1. The fourth-order valence-corrected chi connectivity index (χ4v) is 2.00. The van der Waals surface area contributed by atoms with Crippen LogP contribution in [0.25, 0.3) is 0 Å². The second kappa shape index (κ2) is 7.75. The summed E-state index contributed by atoms with van der Waals surface area (Å²) in [6.45, 7) is 2.61. The van der Waals surface area contributed by atoms with E-state index in [1.807, 2.05) is 37.3 Å². The van der Waals surface area contributed by atoms with E-state index < -0.39 is 12.5 Å². The van der Waals surface area contributed by atoms with E-state index in [1.165, 1.54) is 6.07 Å². The largest absolute Gasteiger partial charge is 0.490 e. The van der Waals surface area contributed by atoms with Gasteiger partial charge in [-0.3, -0.25) is 0 Å². The average molecular weight is 307 g/mol. The topological polar surface area (TPSA) is 44.5 Å². The molecule has 3 nitrogen and oxygen atoms in total. The highest BCUT2D eigenvalue weighted by Gasteiger charge is 2.19. The van der Waals surface area contributed by atoms with Crippen molar-refractivity contribution >= 4 is 0 Å². The molecule has 0 saturated heterocycles. The van der Waals surface area contributed by atoms with Gasteiger partial charge in [0.15, 0.2) is 11.5 Å². The SMILES string of the molecule is CCOc1cc([C@@H](N)C(F)F)ccc1OCc1ccccc1. The van der Waals surface area contributed by atoms with E-state index in [0.717, 1.165) is 5.56 Å². The molecule has 5 heteroatoms. The molecule has 0 fully saturated rings. The van der Waals surface area contributed by atoms with Gasteiger partial charge < -0.3 is 15.2 Å². The minimum atomic E-state index is -2.62. The summed E-state index contributed by atoms with van der Waals surface area (Å²) in [6.07, 6.45) is -2.62. The van der Waals surface area contributed by atoms with Gasteiger partial charge in [-0.15, -0.1) is 0 Å². The van der Waals surface area contributed by atoms with E-state index in [-0.39, 0.29) is 0 Å². The number of nitrogens with two attached hydrogens (primary N) is 1. The average Bonchev–Trinajstić information content (AvgIpc) is 2.54. The smallest absolute Gasteiger partial charge is 0.257 e. The Bertz CT molecular complexity index is 590. The molecule has 0 saturated carbocycles. The molecular weight excluding hydrogens is 288 g/mol. The zero-order valence-electron chi connectivity index (χ0n) is 12.3. The first-order valence-corrected chi connectivity index (χ1v) is 7.09. The highest BCUT2D eigenvalue weighted by atomic mass is 19.3. The van der Waals surface area contributed by atoms with Gasteiger partial charge in [0, 0.05) is 0 Å². The number of halogens is 2. The molecule has 0 aromatic heterocycles. The van der Waals surface area contributed by atoms with Gasteiger partial charge in [0.25, 0.3) is 6.43 Å². The predicted octanol–water partition coefficient (Wildman–Crippen LogP) is 3.93. The van der Waals surface area contributed by atoms with Crippen molar-refractivity contribution < 1.29 is 18.3 Å². The third-order valence-corrected chi connectivity index (χ3v) is 3.16. The fraction of sp³-hybridized carbons (Fsp3) is 0.294. The highest BCUT2D eigenvalue weighted by Crippen LogP contribution is 2.32. The molecule has 22 heavy (non-hydrogen) atoms. The molecule has 0 heterocycles. The molecule has 0 aliphatic heterocycles. The number of benzene rings is 2. The van der Waals surface area contributed by atoms with Crippen LogP contribution in [0.3, 0.4) is 0 Å². The molecule has 2 aromatic rings. The lowest BCUT2D eigenvalue weighted by Gasteiger charge is -2.16. The van der Waals surface area contributed by atoms with Crippen LogP contribution in [0.2, 0.25) is 0 Å². The summed E-state index contributed by atoms with van der Waals surface area (Å²) in [5.41, 5.74) is 6.81. The first-order chi connectivity index (χ1) is 10.6. The maximum absolute atomic E-state index is 12.7. The Morgan fingerprint density at radius 1 is 1.00 bits per heavy atom. The first-order valence-electron chi connectivity index (χ1n) is 7.09. The molecule has 0 amide bonds. The van der Waals surface area contributed by atoms with Crippen LogP contribution in [-0.4, -0.2) is 13.0 Å². The van der Waals surface area contributed by atoms with Crippen molar-refractivity contribution in [3.8, 4) is 11.5 Å². The van der Waals surface area contributed by atoms with Crippen molar-refractivity contribution in [3.63, 3.8) is 0 Å². The zero-order valence-corrected chi connectivity index (χ0v) is 12.3. The summed E-state index contributed by atoms with van der Waals surface area (Å²) in [4.78, 5) is 0. The Balaban J connectivity index is 2.16. The van der Waals surface area contributed by atoms with Crippen LogP contribution >= 0.6 is 0 Å². The molecule has 1 atom stereocenters. The second-order valence-corrected chi connectivity index (χ2v) is 4.77. The number of alkyl halides is 2. The van der Waals surface area contributed by atoms with E-state index in [0.29, 0.717) is 30.3 Å². The molecule has 0 radical (unpaired) electrons. The van der Waals surface area contributed by atoms with Gasteiger partial charge in [-0.25, -0.2) is 8.78 Å². The molecule has 0 spiro atoms. The normalized spacial score (nSPS) is 12.2. The quantitative estimate of drug-likeness (QED) is 0.843. The van der Waals surface area contributed by atoms with Crippen molar-refractivity contribution in [2.45, 2.75) is 26.0 Å². The molecule has 2 rings (SSSR count). The summed E-state index contributed by atoms with van der Waals surface area (Å²) >= 11 is 0. The summed E-state index contributed by atoms with van der Waals surface area (Å²) in [6, 6.07) is 13.0. The molecule has 0 unspecified atom stereocenters. The molecule has 0 bridgehead atoms. The Kier molecular flexibility index (Phi) is 5.72. The lowest BCUT2D eigenvalue weighted by molar-refractivity contribution is 0.116. The molecule has 0 aliphatic rings. The standard InChI is InChI=1S/C17H19F2NO2/c1-2-21-15-10-13(16(20)17(18)19)8-9-14(15)22-11-12-6-4-3-5-7-12/h3-10,16-17H,2,11,20H2,1H3/t16-/m1/s1. The van der Waals surface area contributed by atoms with E-state index in [9.17, 15) is 8.78 Å². The Morgan fingerprint density at radius 2 is 1.73 bits per heavy atom. The minimum absolute atomic E-state index is 0.325. The van der Waals surface area contributed by atoms with Gasteiger partial charge in [-0.2, -0.15) is 0 Å². The number of hydrogen-bond acceptors (Lipinski definition) is 3. The predicted molar refractivity (Wildman–Crippen MR) is 81.3 cm³/mol. The van der Waals surface area contributed by atoms with Gasteiger partial charge in [0.2, 0.25) is 0 Å². The van der Waals surface area contributed by atoms with Crippen LogP contribution in [0.1, 0.15) is 24.1 Å². The molecular formula is C17H19F2NO2. The number of hydrogen-bond donors (Lipinski definition) is 1. The van der Waals surface area contributed by atoms with Crippen LogP contribution in [0.5, 0.6) is 11.5 Å². The van der Waals surface area contributed by atoms with Crippen LogP contribution in [0.4, 0.5) is 8.78 Å². The van der Waals surface area contributed by atoms with Crippen molar-refractivity contribution in [1.29, 1.82) is 0 Å². The number of rotatable bonds is 7. The lowest BCUT2D eigenvalue weighted by Crippen LogP contribution is -2.19. The van der Waals surface area contributed by atoms with Crippen LogP contribution in [0.15, 0.2) is 48.5 Å². The van der Waals surface area contributed by atoms with Gasteiger partial charge in [0.05, 0.1) is 12.6 Å². The molecule has 2 N–H and O–H groups in total. The summed E-state index contributed by atoms with van der Waals surface area (Å²) in [5, 5.41) is 0. The molecule has 2 aromatic carbocycles. The Hall–Kier alpha value is -2.14. The van der Waals surface area contributed by atoms with Crippen LogP contribution < -0.4 is 15.2 Å². The minimum Gasteiger partial charge on any atom is -0.490 e. The Morgan fingerprint density at radius 3 is 2.36 bits per heavy atom. The van der Waals surface area contributed by atoms with Crippen molar-refractivity contribution in [1.82, 2.24) is 0 Å². The summed E-state index contributed by atoms with van der Waals surface area (Å²) in [7, 11) is 0. The Labute approximate surface area is 128 Å². The van der Waals surface area contributed by atoms with Gasteiger partial charge >= 0.3 is 0 Å². The van der Waals surface area contributed by atoms with E-state index in [4.69, 9.17) is 15.2 Å². The van der Waals surface area contributed by atoms with Crippen molar-refractivity contribution in [2.24, 2.45) is 5.73 Å². The van der Waals surface area contributed by atoms with Gasteiger partial charge in [0.1, 0.15) is 6.61 Å². The highest BCUT2D eigenvalue weighted by molar-refractivity contribution is 5.44. The van der Waals surface area contributed by atoms with Crippen molar-refractivity contribution in [3.05, 3.63) is 59.7 Å².